The summed E-state index contributed by atoms with van der Waals surface area (Å²) in [4.78, 5) is 27.5. The second-order valence-electron chi connectivity index (χ2n) is 7.32. The maximum atomic E-state index is 12.5. The number of carbonyl (C=O) groups excluding carboxylic acids is 1. The molecule has 31 heavy (non-hydrogen) atoms. The van der Waals surface area contributed by atoms with Crippen LogP contribution in [0.5, 0.6) is 5.75 Å². The number of alkyl halides is 3. The summed E-state index contributed by atoms with van der Waals surface area (Å²) in [7, 11) is 1.75. The standard InChI is InChI=1S/C21H23F3N4O3/c1-12-16(20(30)26-19-18(12)13(2)27-28(19)3)7-8-17(29)25-10-14-5-4-6-15(9-14)31-11-21(22,23)24/h4-6,9H,7-8,10-11H2,1-3H3,(H,25,29)(H,26,30). The summed E-state index contributed by atoms with van der Waals surface area (Å²) < 4.78 is 43.2. The van der Waals surface area contributed by atoms with Crippen LogP contribution in [0.2, 0.25) is 0 Å². The largest absolute Gasteiger partial charge is 0.484 e. The van der Waals surface area contributed by atoms with Crippen LogP contribution in [0.3, 0.4) is 0 Å². The first-order chi connectivity index (χ1) is 14.5. The van der Waals surface area contributed by atoms with Gasteiger partial charge in [0.2, 0.25) is 5.91 Å². The number of rotatable bonds is 7. The molecule has 0 spiro atoms. The van der Waals surface area contributed by atoms with E-state index in [0.717, 1.165) is 16.6 Å². The minimum atomic E-state index is -4.42. The zero-order valence-electron chi connectivity index (χ0n) is 17.4. The van der Waals surface area contributed by atoms with E-state index in [4.69, 9.17) is 4.74 Å². The fourth-order valence-corrected chi connectivity index (χ4v) is 3.49. The molecule has 0 bridgehead atoms. The van der Waals surface area contributed by atoms with Crippen molar-refractivity contribution in [3.63, 3.8) is 0 Å². The molecule has 3 rings (SSSR count). The van der Waals surface area contributed by atoms with Gasteiger partial charge in [-0.2, -0.15) is 18.3 Å². The predicted octanol–water partition coefficient (Wildman–Crippen LogP) is 3.07. The number of nitrogens with one attached hydrogen (secondary N) is 2. The number of H-pyrrole nitrogens is 1. The molecule has 0 fully saturated rings. The Bertz CT molecular complexity index is 1170. The molecule has 2 N–H and O–H groups in total. The van der Waals surface area contributed by atoms with Crippen LogP contribution in [-0.2, 0) is 24.8 Å². The highest BCUT2D eigenvalue weighted by atomic mass is 19.4. The summed E-state index contributed by atoms with van der Waals surface area (Å²) in [5.41, 5.74) is 3.11. The highest BCUT2D eigenvalue weighted by Crippen LogP contribution is 2.21. The van der Waals surface area contributed by atoms with Crippen molar-refractivity contribution in [2.75, 3.05) is 6.61 Å². The summed E-state index contributed by atoms with van der Waals surface area (Å²) in [5, 5.41) is 7.90. The van der Waals surface area contributed by atoms with Gasteiger partial charge in [-0.05, 0) is 43.5 Å². The van der Waals surface area contributed by atoms with Crippen LogP contribution in [0.15, 0.2) is 29.1 Å². The average molecular weight is 436 g/mol. The summed E-state index contributed by atoms with van der Waals surface area (Å²) >= 11 is 0. The van der Waals surface area contributed by atoms with E-state index in [-0.39, 0.29) is 36.6 Å². The Morgan fingerprint density at radius 3 is 2.74 bits per heavy atom. The Balaban J connectivity index is 1.60. The zero-order chi connectivity index (χ0) is 22.8. The van der Waals surface area contributed by atoms with E-state index in [1.165, 1.54) is 12.1 Å². The van der Waals surface area contributed by atoms with Gasteiger partial charge in [0, 0.05) is 31.0 Å². The van der Waals surface area contributed by atoms with E-state index in [0.29, 0.717) is 16.8 Å². The Hall–Kier alpha value is -3.30. The predicted molar refractivity (Wildman–Crippen MR) is 109 cm³/mol. The van der Waals surface area contributed by atoms with E-state index in [2.05, 4.69) is 15.4 Å². The van der Waals surface area contributed by atoms with Gasteiger partial charge >= 0.3 is 6.18 Å². The summed E-state index contributed by atoms with van der Waals surface area (Å²) in [6.07, 6.45) is -4.07. The molecule has 0 aliphatic heterocycles. The first-order valence-corrected chi connectivity index (χ1v) is 9.65. The van der Waals surface area contributed by atoms with Crippen LogP contribution in [0, 0.1) is 13.8 Å². The number of amides is 1. The lowest BCUT2D eigenvalue weighted by molar-refractivity contribution is -0.153. The van der Waals surface area contributed by atoms with Gasteiger partial charge in [0.15, 0.2) is 6.61 Å². The fraction of sp³-hybridized carbons (Fsp3) is 0.381. The van der Waals surface area contributed by atoms with Gasteiger partial charge in [-0.1, -0.05) is 12.1 Å². The SMILES string of the molecule is Cc1nn(C)c2[nH]c(=O)c(CCC(=O)NCc3cccc(OCC(F)(F)F)c3)c(C)c12. The summed E-state index contributed by atoms with van der Waals surface area (Å²) in [6.45, 7) is 2.46. The highest BCUT2D eigenvalue weighted by Gasteiger charge is 2.28. The van der Waals surface area contributed by atoms with Crippen LogP contribution in [0.4, 0.5) is 13.2 Å². The zero-order valence-corrected chi connectivity index (χ0v) is 17.4. The molecule has 0 aliphatic carbocycles. The molecule has 0 unspecified atom stereocenters. The van der Waals surface area contributed by atoms with Gasteiger partial charge in [0.1, 0.15) is 11.4 Å². The number of halogens is 3. The van der Waals surface area contributed by atoms with Gasteiger partial charge in [0.05, 0.1) is 5.69 Å². The molecule has 3 aromatic rings. The summed E-state index contributed by atoms with van der Waals surface area (Å²) in [5.74, 6) is -0.199. The number of pyridine rings is 1. The third kappa shape index (κ3) is 5.44. The maximum absolute atomic E-state index is 12.5. The van der Waals surface area contributed by atoms with Crippen LogP contribution in [0.25, 0.3) is 11.0 Å². The fourth-order valence-electron chi connectivity index (χ4n) is 3.49. The molecule has 2 heterocycles. The Labute approximate surface area is 176 Å². The number of aromatic nitrogens is 3. The van der Waals surface area contributed by atoms with Crippen molar-refractivity contribution in [1.82, 2.24) is 20.1 Å². The first kappa shape index (κ1) is 22.4. The number of aromatic amines is 1. The van der Waals surface area contributed by atoms with Crippen LogP contribution < -0.4 is 15.6 Å². The number of carbonyl (C=O) groups is 1. The van der Waals surface area contributed by atoms with Crippen molar-refractivity contribution in [2.45, 2.75) is 39.4 Å². The molecule has 0 saturated heterocycles. The molecule has 7 nitrogen and oxygen atoms in total. The van der Waals surface area contributed by atoms with E-state index in [9.17, 15) is 22.8 Å². The van der Waals surface area contributed by atoms with E-state index >= 15 is 0 Å². The number of hydrogen-bond acceptors (Lipinski definition) is 4. The van der Waals surface area contributed by atoms with E-state index < -0.39 is 12.8 Å². The lowest BCUT2D eigenvalue weighted by Crippen LogP contribution is -2.25. The molecule has 1 amide bonds. The molecule has 0 atom stereocenters. The number of benzene rings is 1. The molecular formula is C21H23F3N4O3. The van der Waals surface area contributed by atoms with Crippen molar-refractivity contribution < 1.29 is 22.7 Å². The van der Waals surface area contributed by atoms with Gasteiger partial charge in [0.25, 0.3) is 5.56 Å². The quantitative estimate of drug-likeness (QED) is 0.596. The monoisotopic (exact) mass is 436 g/mol. The number of nitrogens with zero attached hydrogens (tertiary/aromatic N) is 2. The molecule has 0 saturated carbocycles. The topological polar surface area (TPSA) is 89.0 Å². The second-order valence-corrected chi connectivity index (χ2v) is 7.32. The second kappa shape index (κ2) is 8.83. The number of aryl methyl sites for hydroxylation is 3. The minimum Gasteiger partial charge on any atom is -0.484 e. The first-order valence-electron chi connectivity index (χ1n) is 9.65. The molecule has 0 radical (unpaired) electrons. The minimum absolute atomic E-state index is 0.0753. The van der Waals surface area contributed by atoms with Crippen LogP contribution >= 0.6 is 0 Å². The van der Waals surface area contributed by atoms with Crippen LogP contribution in [0.1, 0.15) is 28.8 Å². The Morgan fingerprint density at radius 1 is 1.29 bits per heavy atom. The maximum Gasteiger partial charge on any atom is 0.422 e. The van der Waals surface area contributed by atoms with Gasteiger partial charge in [-0.25, -0.2) is 0 Å². The molecule has 166 valence electrons. The normalized spacial score (nSPS) is 11.7. The Morgan fingerprint density at radius 2 is 2.03 bits per heavy atom. The molecule has 1 aromatic carbocycles. The molecule has 10 heteroatoms. The van der Waals surface area contributed by atoms with Crippen molar-refractivity contribution in [1.29, 1.82) is 0 Å². The molecular weight excluding hydrogens is 413 g/mol. The highest BCUT2D eigenvalue weighted by molar-refractivity contribution is 5.83. The van der Waals surface area contributed by atoms with Crippen LogP contribution in [-0.4, -0.2) is 33.5 Å². The third-order valence-corrected chi connectivity index (χ3v) is 4.95. The van der Waals surface area contributed by atoms with Gasteiger partial charge in [-0.3, -0.25) is 14.3 Å². The lowest BCUT2D eigenvalue weighted by atomic mass is 10.0. The lowest BCUT2D eigenvalue weighted by Gasteiger charge is -2.11. The molecule has 2 aromatic heterocycles. The number of hydrogen-bond donors (Lipinski definition) is 2. The molecule has 0 aliphatic rings. The summed E-state index contributed by atoms with van der Waals surface area (Å²) in [6, 6.07) is 6.10. The number of ether oxygens (including phenoxy) is 1. The average Bonchev–Trinajstić information content (AvgIpc) is 2.97. The van der Waals surface area contributed by atoms with Crippen molar-refractivity contribution in [2.24, 2.45) is 7.05 Å². The van der Waals surface area contributed by atoms with Crippen molar-refractivity contribution in [3.8, 4) is 5.75 Å². The smallest absolute Gasteiger partial charge is 0.422 e. The third-order valence-electron chi connectivity index (χ3n) is 4.95. The van der Waals surface area contributed by atoms with E-state index in [1.807, 2.05) is 13.8 Å². The number of fused-ring (bicyclic) bond motifs is 1. The van der Waals surface area contributed by atoms with Crippen molar-refractivity contribution in [3.05, 3.63) is 57.0 Å². The van der Waals surface area contributed by atoms with Gasteiger partial charge in [-0.15, -0.1) is 0 Å². The van der Waals surface area contributed by atoms with Crippen molar-refractivity contribution >= 4 is 16.9 Å². The van der Waals surface area contributed by atoms with E-state index in [1.54, 1.807) is 23.9 Å². The Kier molecular flexibility index (Phi) is 6.37. The van der Waals surface area contributed by atoms with Gasteiger partial charge < -0.3 is 15.0 Å².